The van der Waals surface area contributed by atoms with E-state index in [-0.39, 0.29) is 5.97 Å². The number of aryl methyl sites for hydroxylation is 1. The molecule has 1 aliphatic heterocycles. The van der Waals surface area contributed by atoms with Gasteiger partial charge in [-0.25, -0.2) is 9.48 Å². The van der Waals surface area contributed by atoms with Crippen LogP contribution in [0, 0.1) is 0 Å². The molecule has 0 spiro atoms. The molecule has 1 atom stereocenters. The summed E-state index contributed by atoms with van der Waals surface area (Å²) in [6.07, 6.45) is 1.63. The summed E-state index contributed by atoms with van der Waals surface area (Å²) in [5.74, 6) is 0.490. The fraction of sp³-hybridized carbons (Fsp3) is 0.833. The summed E-state index contributed by atoms with van der Waals surface area (Å²) in [4.78, 5) is 13.6. The van der Waals surface area contributed by atoms with Crippen LogP contribution in [0.1, 0.15) is 25.6 Å². The molecule has 1 unspecified atom stereocenters. The summed E-state index contributed by atoms with van der Waals surface area (Å²) < 4.78 is 11.9. The van der Waals surface area contributed by atoms with E-state index in [1.165, 1.54) is 7.11 Å². The van der Waals surface area contributed by atoms with Gasteiger partial charge in [-0.1, -0.05) is 13.3 Å². The highest BCUT2D eigenvalue weighted by atomic mass is 16.6. The third-order valence-corrected chi connectivity index (χ3v) is 3.31. The Bertz CT molecular complexity index is 436. The van der Waals surface area contributed by atoms with Crippen molar-refractivity contribution in [2.75, 3.05) is 26.8 Å². The Kier molecular flexibility index (Phi) is 5.42. The molecule has 8 nitrogen and oxygen atoms in total. The van der Waals surface area contributed by atoms with E-state index in [1.54, 1.807) is 0 Å². The molecule has 2 heterocycles. The van der Waals surface area contributed by atoms with E-state index in [1.807, 2.05) is 4.68 Å². The van der Waals surface area contributed by atoms with Crippen molar-refractivity contribution in [3.8, 4) is 0 Å². The second-order valence-electron chi connectivity index (χ2n) is 4.79. The molecule has 20 heavy (non-hydrogen) atoms. The van der Waals surface area contributed by atoms with Gasteiger partial charge in [0.1, 0.15) is 0 Å². The van der Waals surface area contributed by atoms with Crippen LogP contribution in [-0.4, -0.2) is 64.0 Å². The van der Waals surface area contributed by atoms with Crippen LogP contribution in [-0.2, 0) is 27.4 Å². The van der Waals surface area contributed by atoms with Gasteiger partial charge >= 0.3 is 5.97 Å². The molecule has 0 bridgehead atoms. The first-order chi connectivity index (χ1) is 9.74. The average Bonchev–Trinajstić information content (AvgIpc) is 2.91. The van der Waals surface area contributed by atoms with Crippen LogP contribution in [0.25, 0.3) is 0 Å². The SMILES string of the molecule is CCCCn1nnnc1CN1CCOC(C(=O)OC)C1. The van der Waals surface area contributed by atoms with Crippen LogP contribution in [0.3, 0.4) is 0 Å². The Labute approximate surface area is 118 Å². The number of rotatable bonds is 6. The van der Waals surface area contributed by atoms with Crippen LogP contribution < -0.4 is 0 Å². The number of hydrogen-bond donors (Lipinski definition) is 0. The van der Waals surface area contributed by atoms with Gasteiger partial charge in [-0.2, -0.15) is 0 Å². The number of morpholine rings is 1. The first kappa shape index (κ1) is 14.9. The first-order valence-electron chi connectivity index (χ1n) is 6.91. The van der Waals surface area contributed by atoms with Crippen LogP contribution >= 0.6 is 0 Å². The van der Waals surface area contributed by atoms with Crippen molar-refractivity contribution in [1.82, 2.24) is 25.1 Å². The van der Waals surface area contributed by atoms with Crippen molar-refractivity contribution >= 4 is 5.97 Å². The second-order valence-corrected chi connectivity index (χ2v) is 4.79. The van der Waals surface area contributed by atoms with Crippen molar-refractivity contribution in [3.05, 3.63) is 5.82 Å². The molecular weight excluding hydrogens is 262 g/mol. The Morgan fingerprint density at radius 3 is 3.15 bits per heavy atom. The standard InChI is InChI=1S/C12H21N5O3/c1-3-4-5-17-11(13-14-15-17)9-16-6-7-20-10(8-16)12(18)19-2/h10H,3-9H2,1-2H3. The number of esters is 1. The molecule has 0 amide bonds. The lowest BCUT2D eigenvalue weighted by Gasteiger charge is -2.30. The summed E-state index contributed by atoms with van der Waals surface area (Å²) in [6, 6.07) is 0. The number of ether oxygens (including phenoxy) is 2. The van der Waals surface area contributed by atoms with Crippen LogP contribution in [0.15, 0.2) is 0 Å². The smallest absolute Gasteiger partial charge is 0.336 e. The summed E-state index contributed by atoms with van der Waals surface area (Å²) in [7, 11) is 1.37. The predicted molar refractivity (Wildman–Crippen MR) is 69.8 cm³/mol. The maximum absolute atomic E-state index is 11.5. The van der Waals surface area contributed by atoms with Gasteiger partial charge < -0.3 is 9.47 Å². The number of unbranched alkanes of at least 4 members (excludes halogenated alkanes) is 1. The molecule has 0 aliphatic carbocycles. The van der Waals surface area contributed by atoms with Crippen LogP contribution in [0.5, 0.6) is 0 Å². The molecular formula is C12H21N5O3. The Balaban J connectivity index is 1.92. The second kappa shape index (κ2) is 7.30. The number of methoxy groups -OCH3 is 1. The normalized spacial score (nSPS) is 20.0. The van der Waals surface area contributed by atoms with Crippen molar-refractivity contribution < 1.29 is 14.3 Å². The molecule has 1 saturated heterocycles. The maximum Gasteiger partial charge on any atom is 0.336 e. The quantitative estimate of drug-likeness (QED) is 0.671. The van der Waals surface area contributed by atoms with E-state index in [0.29, 0.717) is 19.7 Å². The summed E-state index contributed by atoms with van der Waals surface area (Å²) in [5, 5.41) is 11.8. The number of carbonyl (C=O) groups is 1. The molecule has 112 valence electrons. The molecule has 8 heteroatoms. The molecule has 1 aliphatic rings. The highest BCUT2D eigenvalue weighted by Crippen LogP contribution is 2.10. The lowest BCUT2D eigenvalue weighted by Crippen LogP contribution is -2.46. The summed E-state index contributed by atoms with van der Waals surface area (Å²) in [6.45, 7) is 5.35. The van der Waals surface area contributed by atoms with Crippen LogP contribution in [0.4, 0.5) is 0 Å². The molecule has 2 rings (SSSR count). The first-order valence-corrected chi connectivity index (χ1v) is 6.91. The van der Waals surface area contributed by atoms with E-state index in [0.717, 1.165) is 31.8 Å². The number of nitrogens with zero attached hydrogens (tertiary/aromatic N) is 5. The maximum atomic E-state index is 11.5. The van der Waals surface area contributed by atoms with Gasteiger partial charge in [-0.3, -0.25) is 4.90 Å². The van der Waals surface area contributed by atoms with Crippen molar-refractivity contribution in [1.29, 1.82) is 0 Å². The Morgan fingerprint density at radius 2 is 2.40 bits per heavy atom. The minimum Gasteiger partial charge on any atom is -0.467 e. The van der Waals surface area contributed by atoms with Gasteiger partial charge in [0.05, 0.1) is 20.3 Å². The lowest BCUT2D eigenvalue weighted by atomic mass is 10.2. The van der Waals surface area contributed by atoms with Gasteiger partial charge in [-0.15, -0.1) is 5.10 Å². The van der Waals surface area contributed by atoms with E-state index in [9.17, 15) is 4.79 Å². The number of carbonyl (C=O) groups excluding carboxylic acids is 1. The topological polar surface area (TPSA) is 82.4 Å². The van der Waals surface area contributed by atoms with Crippen molar-refractivity contribution in [2.24, 2.45) is 0 Å². The number of aromatic nitrogens is 4. The zero-order valence-electron chi connectivity index (χ0n) is 12.0. The fourth-order valence-electron chi connectivity index (χ4n) is 2.14. The van der Waals surface area contributed by atoms with E-state index in [4.69, 9.17) is 9.47 Å². The third-order valence-electron chi connectivity index (χ3n) is 3.31. The van der Waals surface area contributed by atoms with Gasteiger partial charge in [0.2, 0.25) is 0 Å². The molecule has 1 fully saturated rings. The van der Waals surface area contributed by atoms with Gasteiger partial charge in [0.25, 0.3) is 0 Å². The van der Waals surface area contributed by atoms with E-state index in [2.05, 4.69) is 27.3 Å². The van der Waals surface area contributed by atoms with Crippen LogP contribution in [0.2, 0.25) is 0 Å². The zero-order valence-corrected chi connectivity index (χ0v) is 12.0. The number of hydrogen-bond acceptors (Lipinski definition) is 7. The van der Waals surface area contributed by atoms with E-state index < -0.39 is 6.10 Å². The Morgan fingerprint density at radius 1 is 1.55 bits per heavy atom. The molecule has 0 radical (unpaired) electrons. The third kappa shape index (κ3) is 3.73. The minimum atomic E-state index is -0.520. The largest absolute Gasteiger partial charge is 0.467 e. The van der Waals surface area contributed by atoms with E-state index >= 15 is 0 Å². The van der Waals surface area contributed by atoms with Crippen molar-refractivity contribution in [2.45, 2.75) is 39.0 Å². The molecule has 0 N–H and O–H groups in total. The van der Waals surface area contributed by atoms with Gasteiger partial charge in [-0.05, 0) is 16.8 Å². The van der Waals surface area contributed by atoms with Gasteiger partial charge in [0.15, 0.2) is 11.9 Å². The van der Waals surface area contributed by atoms with Crippen molar-refractivity contribution in [3.63, 3.8) is 0 Å². The zero-order chi connectivity index (χ0) is 14.4. The number of tetrazole rings is 1. The fourth-order valence-corrected chi connectivity index (χ4v) is 2.14. The highest BCUT2D eigenvalue weighted by Gasteiger charge is 2.28. The summed E-state index contributed by atoms with van der Waals surface area (Å²) in [5.41, 5.74) is 0. The molecule has 1 aromatic rings. The Hall–Kier alpha value is -1.54. The molecule has 1 aromatic heterocycles. The molecule has 0 saturated carbocycles. The predicted octanol–water partition coefficient (Wildman–Crippen LogP) is -0.153. The summed E-state index contributed by atoms with van der Waals surface area (Å²) >= 11 is 0. The molecule has 0 aromatic carbocycles. The lowest BCUT2D eigenvalue weighted by molar-refractivity contribution is -0.160. The van der Waals surface area contributed by atoms with Gasteiger partial charge in [0, 0.05) is 19.6 Å². The monoisotopic (exact) mass is 283 g/mol. The minimum absolute atomic E-state index is 0.333. The highest BCUT2D eigenvalue weighted by molar-refractivity contribution is 5.74. The average molecular weight is 283 g/mol.